The molecule has 0 fully saturated rings. The van der Waals surface area contributed by atoms with E-state index in [-0.39, 0.29) is 0 Å². The molecule has 0 unspecified atom stereocenters. The van der Waals surface area contributed by atoms with Crippen molar-refractivity contribution in [1.82, 2.24) is 29.1 Å². The van der Waals surface area contributed by atoms with Crippen molar-refractivity contribution in [2.45, 2.75) is 13.8 Å². The predicted molar refractivity (Wildman–Crippen MR) is 202 cm³/mol. The SMILES string of the molecule is Cc1ccc(-c2nc(-c3ccc(C)cc3)nc(-n3c4ccccc4c4ccc5c6ccccc6n(-c6nc7ccccc7s6)c5c43)n2)cc1. The number of fused-ring (bicyclic) bond motifs is 8. The first kappa shape index (κ1) is 27.9. The summed E-state index contributed by atoms with van der Waals surface area (Å²) >= 11 is 1.70. The summed E-state index contributed by atoms with van der Waals surface area (Å²) in [6.07, 6.45) is 0. The molecule has 0 saturated heterocycles. The molecule has 0 aliphatic heterocycles. The summed E-state index contributed by atoms with van der Waals surface area (Å²) in [4.78, 5) is 20.7. The average molecular weight is 649 g/mol. The first-order valence-corrected chi connectivity index (χ1v) is 17.1. The van der Waals surface area contributed by atoms with E-state index in [1.165, 1.54) is 16.5 Å². The van der Waals surface area contributed by atoms with Gasteiger partial charge in [-0.3, -0.25) is 9.13 Å². The van der Waals surface area contributed by atoms with Gasteiger partial charge < -0.3 is 0 Å². The van der Waals surface area contributed by atoms with Crippen LogP contribution in [-0.2, 0) is 0 Å². The number of hydrogen-bond donors (Lipinski definition) is 0. The molecule has 232 valence electrons. The molecule has 4 heterocycles. The largest absolute Gasteiger partial charge is 0.283 e. The molecule has 0 N–H and O–H groups in total. The van der Waals surface area contributed by atoms with Crippen LogP contribution in [0.3, 0.4) is 0 Å². The van der Waals surface area contributed by atoms with E-state index in [4.69, 9.17) is 19.9 Å². The first-order chi connectivity index (χ1) is 24.1. The number of para-hydroxylation sites is 3. The zero-order valence-electron chi connectivity index (χ0n) is 26.8. The molecule has 10 rings (SSSR count). The number of benzene rings is 6. The van der Waals surface area contributed by atoms with Gasteiger partial charge >= 0.3 is 0 Å². The second-order valence-electron chi connectivity index (χ2n) is 12.5. The number of rotatable bonds is 4. The van der Waals surface area contributed by atoms with Gasteiger partial charge in [0.15, 0.2) is 16.8 Å². The van der Waals surface area contributed by atoms with Gasteiger partial charge in [-0.15, -0.1) is 0 Å². The van der Waals surface area contributed by atoms with E-state index < -0.39 is 0 Å². The summed E-state index contributed by atoms with van der Waals surface area (Å²) in [5.74, 6) is 1.83. The van der Waals surface area contributed by atoms with E-state index in [1.54, 1.807) is 11.3 Å². The number of thiazole rings is 1. The molecule has 0 bridgehead atoms. The highest BCUT2D eigenvalue weighted by atomic mass is 32.1. The molecule has 7 heteroatoms. The van der Waals surface area contributed by atoms with E-state index >= 15 is 0 Å². The average Bonchev–Trinajstić information content (AvgIpc) is 3.82. The van der Waals surface area contributed by atoms with E-state index in [0.717, 1.165) is 64.7 Å². The summed E-state index contributed by atoms with van der Waals surface area (Å²) in [6, 6.07) is 46.7. The fourth-order valence-corrected chi connectivity index (χ4v) is 7.98. The molecule has 49 heavy (non-hydrogen) atoms. The van der Waals surface area contributed by atoms with Crippen LogP contribution in [-0.4, -0.2) is 29.1 Å². The van der Waals surface area contributed by atoms with Gasteiger partial charge in [0, 0.05) is 32.7 Å². The summed E-state index contributed by atoms with van der Waals surface area (Å²) in [5, 5.41) is 5.51. The third kappa shape index (κ3) is 4.33. The van der Waals surface area contributed by atoms with Gasteiger partial charge in [-0.05, 0) is 38.1 Å². The molecule has 0 saturated carbocycles. The third-order valence-electron chi connectivity index (χ3n) is 9.39. The Labute approximate surface area is 285 Å². The van der Waals surface area contributed by atoms with Crippen LogP contribution in [0.5, 0.6) is 0 Å². The number of aromatic nitrogens is 6. The summed E-state index contributed by atoms with van der Waals surface area (Å²) in [6.45, 7) is 4.18. The Morgan fingerprint density at radius 2 is 0.959 bits per heavy atom. The van der Waals surface area contributed by atoms with Crippen LogP contribution in [0.25, 0.3) is 87.7 Å². The summed E-state index contributed by atoms with van der Waals surface area (Å²) in [5.41, 5.74) is 9.49. The fourth-order valence-electron chi connectivity index (χ4n) is 6.99. The molecule has 0 aliphatic carbocycles. The highest BCUT2D eigenvalue weighted by Gasteiger charge is 2.24. The van der Waals surface area contributed by atoms with Crippen LogP contribution in [0, 0.1) is 13.8 Å². The first-order valence-electron chi connectivity index (χ1n) is 16.3. The maximum atomic E-state index is 5.24. The standard InChI is InChI=1S/C42H28N6S/c1-25-15-19-27(20-16-25)39-44-40(28-21-17-26(2)18-22-28)46-41(45-39)47-34-12-6-3-9-29(34)31-23-24-32-30-10-4-7-13-35(30)48(38(32)37(31)47)42-43-33-11-5-8-14-36(33)49-42/h3-24H,1-2H3. The van der Waals surface area contributed by atoms with Crippen molar-refractivity contribution in [3.8, 4) is 33.9 Å². The second-order valence-corrected chi connectivity index (χ2v) is 13.6. The topological polar surface area (TPSA) is 61.4 Å². The lowest BCUT2D eigenvalue weighted by Gasteiger charge is -2.12. The minimum Gasteiger partial charge on any atom is -0.283 e. The highest BCUT2D eigenvalue weighted by molar-refractivity contribution is 7.20. The van der Waals surface area contributed by atoms with Crippen molar-refractivity contribution in [3.63, 3.8) is 0 Å². The maximum Gasteiger partial charge on any atom is 0.238 e. The van der Waals surface area contributed by atoms with Crippen LogP contribution >= 0.6 is 11.3 Å². The van der Waals surface area contributed by atoms with Crippen molar-refractivity contribution in [3.05, 3.63) is 145 Å². The Morgan fingerprint density at radius 3 is 1.55 bits per heavy atom. The van der Waals surface area contributed by atoms with E-state index in [2.05, 4.69) is 150 Å². The van der Waals surface area contributed by atoms with Crippen LogP contribution in [0.2, 0.25) is 0 Å². The van der Waals surface area contributed by atoms with Crippen LogP contribution in [0.1, 0.15) is 11.1 Å². The number of nitrogens with zero attached hydrogens (tertiary/aromatic N) is 6. The van der Waals surface area contributed by atoms with E-state index in [0.29, 0.717) is 17.6 Å². The summed E-state index contributed by atoms with van der Waals surface area (Å²) < 4.78 is 5.71. The lowest BCUT2D eigenvalue weighted by Crippen LogP contribution is -2.07. The molecule has 4 aromatic heterocycles. The van der Waals surface area contributed by atoms with Crippen LogP contribution in [0.4, 0.5) is 0 Å². The van der Waals surface area contributed by atoms with E-state index in [9.17, 15) is 0 Å². The zero-order valence-corrected chi connectivity index (χ0v) is 27.6. The van der Waals surface area contributed by atoms with Gasteiger partial charge in [0.05, 0.1) is 32.3 Å². The lowest BCUT2D eigenvalue weighted by atomic mass is 10.1. The van der Waals surface area contributed by atoms with E-state index in [1.807, 2.05) is 6.07 Å². The van der Waals surface area contributed by atoms with Crippen molar-refractivity contribution >= 4 is 65.2 Å². The maximum absolute atomic E-state index is 5.24. The number of hydrogen-bond acceptors (Lipinski definition) is 5. The minimum absolute atomic E-state index is 0.570. The Balaban J connectivity index is 1.37. The smallest absolute Gasteiger partial charge is 0.238 e. The third-order valence-corrected chi connectivity index (χ3v) is 10.4. The highest BCUT2D eigenvalue weighted by Crippen LogP contribution is 2.42. The molecule has 0 aliphatic rings. The number of aryl methyl sites for hydroxylation is 2. The van der Waals surface area contributed by atoms with Crippen molar-refractivity contribution in [2.24, 2.45) is 0 Å². The molecular formula is C42H28N6S. The Kier molecular flexibility index (Phi) is 6.07. The van der Waals surface area contributed by atoms with Gasteiger partial charge in [0.1, 0.15) is 0 Å². The van der Waals surface area contributed by atoms with Gasteiger partial charge in [0.2, 0.25) is 5.95 Å². The lowest BCUT2D eigenvalue weighted by molar-refractivity contribution is 0.953. The molecule has 0 atom stereocenters. The monoisotopic (exact) mass is 648 g/mol. The Bertz CT molecular complexity index is 2800. The van der Waals surface area contributed by atoms with Crippen LogP contribution in [0.15, 0.2) is 133 Å². The fraction of sp³-hybridized carbons (Fsp3) is 0.0476. The molecular weight excluding hydrogens is 621 g/mol. The molecule has 0 spiro atoms. The Hall–Kier alpha value is -6.18. The zero-order chi connectivity index (χ0) is 32.6. The van der Waals surface area contributed by atoms with Gasteiger partial charge in [0.25, 0.3) is 0 Å². The van der Waals surface area contributed by atoms with Gasteiger partial charge in [-0.1, -0.05) is 132 Å². The van der Waals surface area contributed by atoms with Crippen molar-refractivity contribution in [1.29, 1.82) is 0 Å². The van der Waals surface area contributed by atoms with Crippen molar-refractivity contribution in [2.75, 3.05) is 0 Å². The predicted octanol–water partition coefficient (Wildman–Crippen LogP) is 10.6. The molecule has 10 aromatic rings. The minimum atomic E-state index is 0.570. The molecule has 0 radical (unpaired) electrons. The van der Waals surface area contributed by atoms with Crippen molar-refractivity contribution < 1.29 is 0 Å². The second kappa shape index (κ2) is 10.7. The molecule has 6 aromatic carbocycles. The quantitative estimate of drug-likeness (QED) is 0.191. The normalized spacial score (nSPS) is 11.9. The summed E-state index contributed by atoms with van der Waals surface area (Å²) in [7, 11) is 0. The molecule has 0 amide bonds. The van der Waals surface area contributed by atoms with Gasteiger partial charge in [-0.2, -0.15) is 9.97 Å². The van der Waals surface area contributed by atoms with Gasteiger partial charge in [-0.25, -0.2) is 9.97 Å². The van der Waals surface area contributed by atoms with Crippen LogP contribution < -0.4 is 0 Å². The molecule has 6 nitrogen and oxygen atoms in total. The Morgan fingerprint density at radius 1 is 0.449 bits per heavy atom.